The number of halogens is 2. The van der Waals surface area contributed by atoms with Crippen molar-refractivity contribution in [1.29, 1.82) is 0 Å². The first-order valence-corrected chi connectivity index (χ1v) is 9.51. The van der Waals surface area contributed by atoms with Crippen LogP contribution in [-0.2, 0) is 7.05 Å². The summed E-state index contributed by atoms with van der Waals surface area (Å²) in [7, 11) is 1.94. The summed E-state index contributed by atoms with van der Waals surface area (Å²) in [6, 6.07) is 10.9. The smallest absolute Gasteiger partial charge is 0.270 e. The van der Waals surface area contributed by atoms with Crippen molar-refractivity contribution in [1.82, 2.24) is 19.7 Å². The van der Waals surface area contributed by atoms with Crippen LogP contribution in [0.25, 0.3) is 17.1 Å². The van der Waals surface area contributed by atoms with Crippen LogP contribution in [0.4, 0.5) is 0 Å². The third-order valence-electron chi connectivity index (χ3n) is 4.65. The average molecular weight is 405 g/mol. The molecular formula is C20H22Cl2N4O. The van der Waals surface area contributed by atoms with E-state index in [2.05, 4.69) is 24.3 Å². The molecule has 0 saturated carbocycles. The lowest BCUT2D eigenvalue weighted by Gasteiger charge is -2.17. The predicted molar refractivity (Wildman–Crippen MR) is 110 cm³/mol. The minimum atomic E-state index is -0.185. The number of hydrogen-bond acceptors (Lipinski definition) is 2. The molecule has 7 heteroatoms. The molecule has 1 unspecified atom stereocenters. The third kappa shape index (κ3) is 4.04. The first kappa shape index (κ1) is 19.5. The lowest BCUT2D eigenvalue weighted by molar-refractivity contribution is 0.0922. The predicted octanol–water partition coefficient (Wildman–Crippen LogP) is 4.96. The molecule has 0 bridgehead atoms. The van der Waals surface area contributed by atoms with Gasteiger partial charge in [-0.25, -0.2) is 4.68 Å². The van der Waals surface area contributed by atoms with Gasteiger partial charge < -0.3 is 9.88 Å². The molecule has 0 spiro atoms. The second-order valence-corrected chi connectivity index (χ2v) is 7.75. The molecule has 2 heterocycles. The topological polar surface area (TPSA) is 51.9 Å². The van der Waals surface area contributed by atoms with Gasteiger partial charge in [-0.2, -0.15) is 5.10 Å². The van der Waals surface area contributed by atoms with Crippen molar-refractivity contribution in [3.63, 3.8) is 0 Å². The lowest BCUT2D eigenvalue weighted by Crippen LogP contribution is -2.37. The van der Waals surface area contributed by atoms with Crippen LogP contribution in [0, 0.1) is 5.92 Å². The summed E-state index contributed by atoms with van der Waals surface area (Å²) in [6.07, 6.45) is 1.94. The number of nitrogens with zero attached hydrogens (tertiary/aromatic N) is 3. The standard InChI is InChI=1S/C20H22Cl2N4O/c1-12(2)13(3)23-20(27)19-11-17(18-6-5-9-25(18)4)24-26(19)14-7-8-15(21)16(22)10-14/h5-13H,1-4H3,(H,23,27). The molecule has 0 aliphatic heterocycles. The maximum atomic E-state index is 12.9. The highest BCUT2D eigenvalue weighted by Crippen LogP contribution is 2.27. The van der Waals surface area contributed by atoms with Crippen molar-refractivity contribution in [3.8, 4) is 17.1 Å². The molecule has 0 saturated heterocycles. The van der Waals surface area contributed by atoms with E-state index >= 15 is 0 Å². The summed E-state index contributed by atoms with van der Waals surface area (Å²) in [5, 5.41) is 8.56. The molecule has 3 aromatic rings. The van der Waals surface area contributed by atoms with Gasteiger partial charge in [-0.05, 0) is 49.2 Å². The molecule has 5 nitrogen and oxygen atoms in total. The highest BCUT2D eigenvalue weighted by Gasteiger charge is 2.21. The van der Waals surface area contributed by atoms with Crippen molar-refractivity contribution in [2.24, 2.45) is 13.0 Å². The Labute approximate surface area is 168 Å². The van der Waals surface area contributed by atoms with Gasteiger partial charge >= 0.3 is 0 Å². The fourth-order valence-electron chi connectivity index (χ4n) is 2.66. The monoisotopic (exact) mass is 404 g/mol. The van der Waals surface area contributed by atoms with Gasteiger partial charge in [0.15, 0.2) is 0 Å². The Kier molecular flexibility index (Phi) is 5.63. The molecule has 1 aromatic carbocycles. The zero-order chi connectivity index (χ0) is 19.7. The van der Waals surface area contributed by atoms with Gasteiger partial charge in [-0.1, -0.05) is 37.0 Å². The Morgan fingerprint density at radius 2 is 1.85 bits per heavy atom. The van der Waals surface area contributed by atoms with E-state index in [-0.39, 0.29) is 11.9 Å². The molecule has 142 valence electrons. The molecule has 1 atom stereocenters. The zero-order valence-electron chi connectivity index (χ0n) is 15.7. The van der Waals surface area contributed by atoms with E-state index in [0.717, 1.165) is 5.69 Å². The number of carbonyl (C=O) groups is 1. The molecule has 1 N–H and O–H groups in total. The molecule has 1 amide bonds. The summed E-state index contributed by atoms with van der Waals surface area (Å²) in [4.78, 5) is 12.9. The molecule has 0 fully saturated rings. The highest BCUT2D eigenvalue weighted by molar-refractivity contribution is 6.42. The molecule has 0 aliphatic carbocycles. The average Bonchev–Trinajstić information content (AvgIpc) is 3.23. The Bertz CT molecular complexity index is 974. The number of benzene rings is 1. The Balaban J connectivity index is 2.09. The summed E-state index contributed by atoms with van der Waals surface area (Å²) in [5.41, 5.74) is 2.74. The summed E-state index contributed by atoms with van der Waals surface area (Å²) >= 11 is 12.2. The number of carbonyl (C=O) groups excluding carboxylic acids is 1. The normalized spacial score (nSPS) is 12.4. The summed E-state index contributed by atoms with van der Waals surface area (Å²) < 4.78 is 3.56. The van der Waals surface area contributed by atoms with Crippen LogP contribution in [0.3, 0.4) is 0 Å². The Hall–Kier alpha value is -2.24. The SMILES string of the molecule is CC(C)C(C)NC(=O)c1cc(-c2cccn2C)nn1-c1ccc(Cl)c(Cl)c1. The van der Waals surface area contributed by atoms with Gasteiger partial charge in [0.05, 0.1) is 21.4 Å². The second kappa shape index (κ2) is 7.79. The maximum absolute atomic E-state index is 12.9. The molecule has 27 heavy (non-hydrogen) atoms. The Morgan fingerprint density at radius 3 is 2.44 bits per heavy atom. The van der Waals surface area contributed by atoms with E-state index < -0.39 is 0 Å². The van der Waals surface area contributed by atoms with Crippen LogP contribution in [0.1, 0.15) is 31.3 Å². The number of rotatable bonds is 5. The minimum Gasteiger partial charge on any atom is -0.349 e. The highest BCUT2D eigenvalue weighted by atomic mass is 35.5. The fourth-order valence-corrected chi connectivity index (χ4v) is 2.95. The molecular weight excluding hydrogens is 383 g/mol. The largest absolute Gasteiger partial charge is 0.349 e. The fraction of sp³-hybridized carbons (Fsp3) is 0.300. The number of amides is 1. The first-order valence-electron chi connectivity index (χ1n) is 8.76. The number of nitrogens with one attached hydrogen (secondary N) is 1. The van der Waals surface area contributed by atoms with E-state index in [9.17, 15) is 4.79 Å². The van der Waals surface area contributed by atoms with Crippen molar-refractivity contribution in [3.05, 3.63) is 58.3 Å². The van der Waals surface area contributed by atoms with E-state index in [1.807, 2.05) is 36.9 Å². The van der Waals surface area contributed by atoms with Crippen LogP contribution in [-0.4, -0.2) is 26.3 Å². The molecule has 2 aromatic heterocycles. The quantitative estimate of drug-likeness (QED) is 0.653. The van der Waals surface area contributed by atoms with Crippen LogP contribution < -0.4 is 5.32 Å². The zero-order valence-corrected chi connectivity index (χ0v) is 17.2. The van der Waals surface area contributed by atoms with Crippen molar-refractivity contribution >= 4 is 29.1 Å². The van der Waals surface area contributed by atoms with Crippen molar-refractivity contribution in [2.75, 3.05) is 0 Å². The first-order chi connectivity index (χ1) is 12.8. The number of hydrogen-bond donors (Lipinski definition) is 1. The second-order valence-electron chi connectivity index (χ2n) is 6.94. The van der Waals surface area contributed by atoms with E-state index in [1.54, 1.807) is 28.9 Å². The van der Waals surface area contributed by atoms with E-state index in [1.165, 1.54) is 0 Å². The number of aryl methyl sites for hydroxylation is 1. The lowest BCUT2D eigenvalue weighted by atomic mass is 10.1. The minimum absolute atomic E-state index is 0.0353. The molecule has 3 rings (SSSR count). The van der Waals surface area contributed by atoms with Gasteiger partial charge in [0.2, 0.25) is 0 Å². The van der Waals surface area contributed by atoms with Crippen LogP contribution in [0.2, 0.25) is 10.0 Å². The van der Waals surface area contributed by atoms with Crippen LogP contribution in [0.5, 0.6) is 0 Å². The Morgan fingerprint density at radius 1 is 1.11 bits per heavy atom. The van der Waals surface area contributed by atoms with Gasteiger partial charge in [0, 0.05) is 19.3 Å². The van der Waals surface area contributed by atoms with Crippen molar-refractivity contribution < 1.29 is 4.79 Å². The van der Waals surface area contributed by atoms with E-state index in [4.69, 9.17) is 23.2 Å². The summed E-state index contributed by atoms with van der Waals surface area (Å²) in [6.45, 7) is 6.12. The third-order valence-corrected chi connectivity index (χ3v) is 5.39. The van der Waals surface area contributed by atoms with Crippen LogP contribution in [0.15, 0.2) is 42.6 Å². The maximum Gasteiger partial charge on any atom is 0.270 e. The van der Waals surface area contributed by atoms with Gasteiger partial charge in [-0.3, -0.25) is 4.79 Å². The van der Waals surface area contributed by atoms with Crippen molar-refractivity contribution in [2.45, 2.75) is 26.8 Å². The van der Waals surface area contributed by atoms with Gasteiger partial charge in [0.1, 0.15) is 11.4 Å². The molecule has 0 aliphatic rings. The summed E-state index contributed by atoms with van der Waals surface area (Å²) in [5.74, 6) is 0.137. The number of aromatic nitrogens is 3. The van der Waals surface area contributed by atoms with Crippen LogP contribution >= 0.6 is 23.2 Å². The molecule has 0 radical (unpaired) electrons. The van der Waals surface area contributed by atoms with E-state index in [0.29, 0.717) is 33.0 Å². The van der Waals surface area contributed by atoms with Gasteiger partial charge in [-0.15, -0.1) is 0 Å². The van der Waals surface area contributed by atoms with Gasteiger partial charge in [0.25, 0.3) is 5.91 Å².